The van der Waals surface area contributed by atoms with Gasteiger partial charge in [0.05, 0.1) is 10.0 Å². The normalized spacial score (nSPS) is 15.2. The summed E-state index contributed by atoms with van der Waals surface area (Å²) in [4.78, 5) is 3.93. The van der Waals surface area contributed by atoms with Crippen molar-refractivity contribution in [2.75, 3.05) is 0 Å². The van der Waals surface area contributed by atoms with Gasteiger partial charge in [-0.1, -0.05) is 28.4 Å². The molecular weight excluding hydrogens is 259 g/mol. The van der Waals surface area contributed by atoms with Crippen LogP contribution >= 0.6 is 23.2 Å². The van der Waals surface area contributed by atoms with Gasteiger partial charge in [-0.2, -0.15) is 0 Å². The molecule has 0 amide bonds. The fourth-order valence-corrected chi connectivity index (χ4v) is 2.49. The Morgan fingerprint density at radius 3 is 2.47 bits per heavy atom. The Balaban J connectivity index is 2.15. The number of pyridine rings is 1. The van der Waals surface area contributed by atoms with Crippen molar-refractivity contribution in [1.29, 1.82) is 0 Å². The lowest BCUT2D eigenvalue weighted by atomic mass is 10.1. The fraction of sp³-hybridized carbons (Fsp3) is 0.333. The first kappa shape index (κ1) is 11.1. The molecule has 0 unspecified atom stereocenters. The van der Waals surface area contributed by atoms with Crippen molar-refractivity contribution >= 4 is 23.2 Å². The van der Waals surface area contributed by atoms with E-state index in [4.69, 9.17) is 27.7 Å². The van der Waals surface area contributed by atoms with Gasteiger partial charge in [0.25, 0.3) is 0 Å². The van der Waals surface area contributed by atoms with Crippen molar-refractivity contribution in [3.8, 4) is 11.3 Å². The van der Waals surface area contributed by atoms with E-state index in [9.17, 15) is 0 Å². The molecule has 3 nitrogen and oxygen atoms in total. The van der Waals surface area contributed by atoms with E-state index in [1.54, 1.807) is 12.4 Å². The van der Waals surface area contributed by atoms with Crippen LogP contribution < -0.4 is 0 Å². The minimum Gasteiger partial charge on any atom is -0.360 e. The predicted molar refractivity (Wildman–Crippen MR) is 66.5 cm³/mol. The number of hydrogen-bond acceptors (Lipinski definition) is 3. The minimum absolute atomic E-state index is 0.497. The van der Waals surface area contributed by atoms with Crippen molar-refractivity contribution in [2.45, 2.75) is 25.7 Å². The lowest BCUT2D eigenvalue weighted by Crippen LogP contribution is -1.87. The largest absolute Gasteiger partial charge is 0.360 e. The summed E-state index contributed by atoms with van der Waals surface area (Å²) < 4.78 is 5.40. The molecule has 2 heterocycles. The van der Waals surface area contributed by atoms with Crippen LogP contribution in [0.4, 0.5) is 0 Å². The molecule has 3 rings (SSSR count). The monoisotopic (exact) mass is 268 g/mol. The van der Waals surface area contributed by atoms with Crippen LogP contribution in [0.15, 0.2) is 16.9 Å². The van der Waals surface area contributed by atoms with Crippen LogP contribution in [0, 0.1) is 6.92 Å². The molecule has 0 spiro atoms. The van der Waals surface area contributed by atoms with Crippen LogP contribution in [-0.2, 0) is 0 Å². The molecule has 17 heavy (non-hydrogen) atoms. The SMILES string of the molecule is Cc1c(-c2c(Cl)cncc2Cl)noc1C1CC1. The highest BCUT2D eigenvalue weighted by molar-refractivity contribution is 6.38. The number of aromatic nitrogens is 2. The molecule has 0 aliphatic heterocycles. The minimum atomic E-state index is 0.497. The van der Waals surface area contributed by atoms with Crippen molar-refractivity contribution in [1.82, 2.24) is 10.1 Å². The van der Waals surface area contributed by atoms with E-state index < -0.39 is 0 Å². The van der Waals surface area contributed by atoms with Gasteiger partial charge in [0.1, 0.15) is 11.5 Å². The molecule has 0 radical (unpaired) electrons. The third-order valence-corrected chi connectivity index (χ3v) is 3.57. The van der Waals surface area contributed by atoms with Gasteiger partial charge in [0.15, 0.2) is 0 Å². The summed E-state index contributed by atoms with van der Waals surface area (Å²) in [6.07, 6.45) is 5.47. The Hall–Kier alpha value is -1.06. The second-order valence-electron chi connectivity index (χ2n) is 4.27. The molecule has 0 aromatic carbocycles. The number of rotatable bonds is 2. The van der Waals surface area contributed by atoms with E-state index in [0.717, 1.165) is 17.0 Å². The number of halogens is 2. The van der Waals surface area contributed by atoms with Gasteiger partial charge in [-0.15, -0.1) is 0 Å². The topological polar surface area (TPSA) is 38.9 Å². The van der Waals surface area contributed by atoms with Gasteiger partial charge in [0, 0.05) is 29.4 Å². The maximum Gasteiger partial charge on any atom is 0.143 e. The molecule has 1 saturated carbocycles. The summed E-state index contributed by atoms with van der Waals surface area (Å²) in [6.45, 7) is 1.99. The van der Waals surface area contributed by atoms with Gasteiger partial charge >= 0.3 is 0 Å². The van der Waals surface area contributed by atoms with E-state index in [-0.39, 0.29) is 0 Å². The summed E-state index contributed by atoms with van der Waals surface area (Å²) in [6, 6.07) is 0. The van der Waals surface area contributed by atoms with Crippen molar-refractivity contribution < 1.29 is 4.52 Å². The highest BCUT2D eigenvalue weighted by Gasteiger charge is 2.31. The summed E-state index contributed by atoms with van der Waals surface area (Å²) >= 11 is 12.2. The molecule has 1 aliphatic carbocycles. The zero-order valence-corrected chi connectivity index (χ0v) is 10.7. The molecule has 2 aromatic heterocycles. The quantitative estimate of drug-likeness (QED) is 0.818. The van der Waals surface area contributed by atoms with Gasteiger partial charge < -0.3 is 4.52 Å². The average molecular weight is 269 g/mol. The smallest absolute Gasteiger partial charge is 0.143 e. The average Bonchev–Trinajstić information content (AvgIpc) is 3.05. The standard InChI is InChI=1S/C12H10Cl2N2O/c1-6-11(16-17-12(6)7-2-3-7)10-8(13)4-15-5-9(10)14/h4-5,7H,2-3H2,1H3. The molecule has 1 fully saturated rings. The molecule has 0 saturated heterocycles. The lowest BCUT2D eigenvalue weighted by molar-refractivity contribution is 0.385. The second kappa shape index (κ2) is 4.00. The Kier molecular flexibility index (Phi) is 2.60. The Morgan fingerprint density at radius 2 is 1.88 bits per heavy atom. The van der Waals surface area contributed by atoms with Gasteiger partial charge in [-0.05, 0) is 19.8 Å². The van der Waals surface area contributed by atoms with Crippen molar-refractivity contribution in [2.24, 2.45) is 0 Å². The highest BCUT2D eigenvalue weighted by atomic mass is 35.5. The lowest BCUT2D eigenvalue weighted by Gasteiger charge is -2.03. The van der Waals surface area contributed by atoms with Crippen LogP contribution in [-0.4, -0.2) is 10.1 Å². The zero-order chi connectivity index (χ0) is 12.0. The Morgan fingerprint density at radius 1 is 1.24 bits per heavy atom. The number of nitrogens with zero attached hydrogens (tertiary/aromatic N) is 2. The molecule has 0 atom stereocenters. The van der Waals surface area contributed by atoms with Crippen LogP contribution in [0.2, 0.25) is 10.0 Å². The van der Waals surface area contributed by atoms with Crippen molar-refractivity contribution in [3.05, 3.63) is 33.8 Å². The van der Waals surface area contributed by atoms with Crippen molar-refractivity contribution in [3.63, 3.8) is 0 Å². The predicted octanol–water partition coefficient (Wildman–Crippen LogP) is 4.23. The highest BCUT2D eigenvalue weighted by Crippen LogP contribution is 2.45. The second-order valence-corrected chi connectivity index (χ2v) is 5.09. The molecule has 0 bridgehead atoms. The third kappa shape index (κ3) is 1.83. The molecule has 0 N–H and O–H groups in total. The Labute approximate surface area is 109 Å². The van der Waals surface area contributed by atoms with Crippen LogP contribution in [0.1, 0.15) is 30.1 Å². The van der Waals surface area contributed by atoms with E-state index in [1.807, 2.05) is 6.92 Å². The van der Waals surface area contributed by atoms with Crippen LogP contribution in [0.25, 0.3) is 11.3 Å². The molecule has 88 valence electrons. The van der Waals surface area contributed by atoms with E-state index in [0.29, 0.717) is 21.5 Å². The molecule has 2 aromatic rings. The number of hydrogen-bond donors (Lipinski definition) is 0. The first-order valence-corrected chi connectivity index (χ1v) is 6.19. The van der Waals surface area contributed by atoms with Gasteiger partial charge in [0.2, 0.25) is 0 Å². The third-order valence-electron chi connectivity index (χ3n) is 3.00. The van der Waals surface area contributed by atoms with Crippen LogP contribution in [0.5, 0.6) is 0 Å². The van der Waals surface area contributed by atoms with E-state index in [2.05, 4.69) is 10.1 Å². The zero-order valence-electron chi connectivity index (χ0n) is 9.20. The summed E-state index contributed by atoms with van der Waals surface area (Å²) in [5.41, 5.74) is 2.46. The van der Waals surface area contributed by atoms with Gasteiger partial charge in [-0.25, -0.2) is 0 Å². The van der Waals surface area contributed by atoms with Crippen LogP contribution in [0.3, 0.4) is 0 Å². The first-order valence-electron chi connectivity index (χ1n) is 5.44. The summed E-state index contributed by atoms with van der Waals surface area (Å²) in [5.74, 6) is 1.49. The Bertz CT molecular complexity index is 556. The van der Waals surface area contributed by atoms with E-state index >= 15 is 0 Å². The fourth-order valence-electron chi connectivity index (χ4n) is 1.95. The maximum absolute atomic E-state index is 6.11. The maximum atomic E-state index is 6.11. The van der Waals surface area contributed by atoms with E-state index in [1.165, 1.54) is 12.8 Å². The summed E-state index contributed by atoms with van der Waals surface area (Å²) in [5, 5.41) is 5.09. The summed E-state index contributed by atoms with van der Waals surface area (Å²) in [7, 11) is 0. The molecule has 5 heteroatoms. The molecular formula is C12H10Cl2N2O. The van der Waals surface area contributed by atoms with Gasteiger partial charge in [-0.3, -0.25) is 4.98 Å². The molecule has 1 aliphatic rings. The first-order chi connectivity index (χ1) is 8.18.